The van der Waals surface area contributed by atoms with Gasteiger partial charge in [0.05, 0.1) is 73.8 Å². The van der Waals surface area contributed by atoms with Gasteiger partial charge in [-0.15, -0.1) is 0 Å². The van der Waals surface area contributed by atoms with Crippen molar-refractivity contribution in [1.82, 2.24) is 0 Å². The van der Waals surface area contributed by atoms with Crippen LogP contribution in [0.5, 0.6) is 0 Å². The second-order valence-electron chi connectivity index (χ2n) is 36.1. The number of methoxy groups -OCH3 is 1. The van der Waals surface area contributed by atoms with Gasteiger partial charge in [0.1, 0.15) is 35.8 Å². The zero-order chi connectivity index (χ0) is 67.3. The molecule has 8 heterocycles. The maximum absolute atomic E-state index is 15.3. The Bertz CT molecular complexity index is 2350. The minimum atomic E-state index is -2.54. The van der Waals surface area contributed by atoms with Gasteiger partial charge in [-0.2, -0.15) is 0 Å². The Hall–Kier alpha value is 0.484. The number of carbonyl (C=O) groups excluding carboxylic acids is 1. The number of alkyl halides is 1. The zero-order valence-corrected chi connectivity index (χ0v) is 68.7. The summed E-state index contributed by atoms with van der Waals surface area (Å²) in [6.45, 7) is 64.8. The Balaban J connectivity index is 1.44. The number of fused-ring (bicyclic) bond motifs is 2. The van der Waals surface area contributed by atoms with Gasteiger partial charge in [0, 0.05) is 49.6 Å². The van der Waals surface area contributed by atoms with Crippen LogP contribution in [0.4, 0.5) is 0 Å². The topological polar surface area (TPSA) is 139 Å². The number of Topliss-reactive ketones (excluding diaryl/α,β-unsaturated/α-hetero) is 1. The lowest BCUT2D eigenvalue weighted by Crippen LogP contribution is -2.69. The largest absolute Gasteiger partial charge is 0.414 e. The van der Waals surface area contributed by atoms with Gasteiger partial charge in [0.15, 0.2) is 41.6 Å². The first kappa shape index (κ1) is 78.5. The Morgan fingerprint density at radius 2 is 1.19 bits per heavy atom. The first-order chi connectivity index (χ1) is 40.5. The van der Waals surface area contributed by atoms with Crippen molar-refractivity contribution in [2.75, 3.05) is 18.1 Å². The van der Waals surface area contributed by atoms with Crippen LogP contribution in [0.2, 0.25) is 90.7 Å². The molecular formula is C70H133IO13Si5. The second kappa shape index (κ2) is 29.5. The van der Waals surface area contributed by atoms with Crippen molar-refractivity contribution in [3.05, 3.63) is 24.3 Å². The summed E-state index contributed by atoms with van der Waals surface area (Å²) in [6.07, 6.45) is 7.98. The predicted octanol–water partition coefficient (Wildman–Crippen LogP) is 17.6. The quantitative estimate of drug-likeness (QED) is 0.0721. The van der Waals surface area contributed by atoms with Gasteiger partial charge < -0.3 is 55.7 Å². The van der Waals surface area contributed by atoms with Gasteiger partial charge >= 0.3 is 0 Å². The Morgan fingerprint density at radius 3 is 1.74 bits per heavy atom. The Labute approximate surface area is 562 Å². The summed E-state index contributed by atoms with van der Waals surface area (Å²) in [7, 11) is -10.3. The number of hydrogen-bond acceptors (Lipinski definition) is 13. The third-order valence-corrected chi connectivity index (χ3v) is 47.8. The smallest absolute Gasteiger partial charge is 0.193 e. The fourth-order valence-electron chi connectivity index (χ4n) is 13.0. The van der Waals surface area contributed by atoms with E-state index in [0.717, 1.165) is 54.9 Å². The normalized spacial score (nSPS) is 35.9. The number of ketones is 1. The van der Waals surface area contributed by atoms with E-state index in [1.54, 1.807) is 7.11 Å². The number of halogens is 1. The summed E-state index contributed by atoms with van der Waals surface area (Å²) in [4.78, 5) is 15.3. The van der Waals surface area contributed by atoms with Crippen LogP contribution in [-0.4, -0.2) is 168 Å². The van der Waals surface area contributed by atoms with Gasteiger partial charge in [0.25, 0.3) is 0 Å². The first-order valence-corrected chi connectivity index (χ1v) is 50.8. The molecule has 0 aromatic carbocycles. The maximum atomic E-state index is 15.3. The van der Waals surface area contributed by atoms with Crippen LogP contribution in [0, 0.1) is 11.8 Å². The minimum absolute atomic E-state index is 0.0106. The van der Waals surface area contributed by atoms with Crippen molar-refractivity contribution in [2.45, 2.75) is 382 Å². The molecule has 19 heteroatoms. The van der Waals surface area contributed by atoms with Crippen LogP contribution >= 0.6 is 22.6 Å². The molecule has 5 saturated heterocycles. The van der Waals surface area contributed by atoms with Gasteiger partial charge in [-0.3, -0.25) is 4.79 Å². The van der Waals surface area contributed by atoms with Crippen molar-refractivity contribution >= 4 is 70.0 Å². The molecular weight excluding hydrogens is 1320 g/mol. The van der Waals surface area contributed by atoms with E-state index in [-0.39, 0.29) is 104 Å². The molecule has 0 radical (unpaired) electrons. The minimum Gasteiger partial charge on any atom is -0.414 e. The van der Waals surface area contributed by atoms with Crippen LogP contribution < -0.4 is 0 Å². The first-order valence-electron chi connectivity index (χ1n) is 34.8. The average Bonchev–Trinajstić information content (AvgIpc) is 1.04. The molecule has 8 aliphatic rings. The van der Waals surface area contributed by atoms with E-state index in [1.165, 1.54) is 0 Å². The van der Waals surface area contributed by atoms with Crippen LogP contribution in [0.15, 0.2) is 24.3 Å². The highest BCUT2D eigenvalue weighted by molar-refractivity contribution is 14.1. The van der Waals surface area contributed by atoms with E-state index in [9.17, 15) is 5.11 Å². The van der Waals surface area contributed by atoms with Crippen LogP contribution in [0.25, 0.3) is 0 Å². The molecule has 5 fully saturated rings. The van der Waals surface area contributed by atoms with Gasteiger partial charge in [0.2, 0.25) is 0 Å². The van der Waals surface area contributed by atoms with Crippen molar-refractivity contribution in [3.63, 3.8) is 0 Å². The molecule has 0 saturated carbocycles. The number of rotatable bonds is 15. The fraction of sp³-hybridized carbons (Fsp3) is 0.929. The SMILES string of the molecule is C=C1[C@H](C)CC2CC[C@@H]3O[C@@H](CCC/C=C/C(O[Si](C)(C)C(C)(C)C)[C@@H]4O[C@H]5CCC(CC(=O)C[C@H]6C(C[C@H]1O)O[C@H](CC(CO[Si](C)(C)C(C)(C)C)O[Si](C)(C)C(C)(C)C)[C@@H]6OC)O[C@@H]5C(O[Si](C)(C)C(C)(C)C)C4O[Si](C)(C)C(C)(C)C)CC3(CI)O2. The highest BCUT2D eigenvalue weighted by atomic mass is 127. The molecule has 1 N–H and O–H groups in total. The number of aliphatic hydroxyl groups excluding tert-OH is 1. The van der Waals surface area contributed by atoms with E-state index in [1.807, 2.05) is 0 Å². The summed E-state index contributed by atoms with van der Waals surface area (Å²) in [6, 6.07) is 0. The van der Waals surface area contributed by atoms with Crippen molar-refractivity contribution in [1.29, 1.82) is 0 Å². The van der Waals surface area contributed by atoms with Gasteiger partial charge in [-0.05, 0) is 154 Å². The zero-order valence-electron chi connectivity index (χ0n) is 61.5. The monoisotopic (exact) mass is 1450 g/mol. The Kier molecular flexibility index (Phi) is 26.0. The summed E-state index contributed by atoms with van der Waals surface area (Å²) >= 11 is 2.52. The number of aliphatic hydroxyl groups is 1. The molecule has 18 atom stereocenters. The molecule has 0 amide bonds. The molecule has 8 unspecified atom stereocenters. The lowest BCUT2D eigenvalue weighted by molar-refractivity contribution is -0.266. The highest BCUT2D eigenvalue weighted by Crippen LogP contribution is 2.50. The molecule has 0 aromatic heterocycles. The molecule has 518 valence electrons. The highest BCUT2D eigenvalue weighted by Gasteiger charge is 2.59. The maximum Gasteiger partial charge on any atom is 0.193 e. The summed E-state index contributed by atoms with van der Waals surface area (Å²) < 4.78 is 81.5. The molecule has 8 rings (SSSR count). The van der Waals surface area contributed by atoms with E-state index >= 15 is 4.79 Å². The molecule has 0 aliphatic carbocycles. The van der Waals surface area contributed by atoms with E-state index in [0.29, 0.717) is 25.9 Å². The van der Waals surface area contributed by atoms with Crippen LogP contribution in [0.1, 0.15) is 194 Å². The molecule has 13 nitrogen and oxygen atoms in total. The summed E-state index contributed by atoms with van der Waals surface area (Å²) in [5.41, 5.74) is 0.405. The number of hydrogen-bond donors (Lipinski definition) is 1. The molecule has 89 heavy (non-hydrogen) atoms. The van der Waals surface area contributed by atoms with E-state index in [2.05, 4.69) is 218 Å². The standard InChI is InChI=1S/C70H133IO13Si5/c1-46-38-50-35-37-59-70(45-71,80-50)43-51(76-59)32-30-29-31-33-56(82-87(23,24)67(9,10)11)62-64(84-89(27,28)69(15,16)17)63(83-88(25,26)68(12,13)14)61-55(79-62)36-34-49(77-61)39-48(72)40-53-57(42-54(73)47(46)2)78-58(60(53)74-18)41-52(81-86(21,22)66(6,7)8)44-75-85(19,20)65(3,4)5/h31,33,46,49-64,73H,2,29-30,32,34-45H2,1,3-28H3/b33-31+/t46-,49?,50?,51+,52?,53+,54-,55+,56?,57?,58-,59+,60-,61+,62+,63?,64?,70?/m1/s1. The van der Waals surface area contributed by atoms with Gasteiger partial charge in [-0.25, -0.2) is 0 Å². The summed E-state index contributed by atoms with van der Waals surface area (Å²) in [5.74, 6) is -0.302. The second-order valence-corrected chi connectivity index (χ2v) is 60.7. The van der Waals surface area contributed by atoms with Crippen LogP contribution in [-0.2, 0) is 55.3 Å². The average molecular weight is 1450 g/mol. The van der Waals surface area contributed by atoms with E-state index < -0.39 is 96.5 Å². The number of carbonyl (C=O) groups is 1. The predicted molar refractivity (Wildman–Crippen MR) is 385 cm³/mol. The van der Waals surface area contributed by atoms with Crippen molar-refractivity contribution in [2.24, 2.45) is 11.8 Å². The lowest BCUT2D eigenvalue weighted by atomic mass is 9.82. The Morgan fingerprint density at radius 1 is 0.640 bits per heavy atom. The van der Waals surface area contributed by atoms with Gasteiger partial charge in [-0.1, -0.05) is 152 Å². The van der Waals surface area contributed by atoms with Crippen molar-refractivity contribution < 1.29 is 60.5 Å². The molecule has 8 aliphatic heterocycles. The third-order valence-electron chi connectivity index (χ3n) is 24.1. The van der Waals surface area contributed by atoms with Crippen LogP contribution in [0.3, 0.4) is 0 Å². The lowest BCUT2D eigenvalue weighted by Gasteiger charge is -2.56. The third kappa shape index (κ3) is 19.0. The van der Waals surface area contributed by atoms with E-state index in [4.69, 9.17) is 50.6 Å². The summed E-state index contributed by atoms with van der Waals surface area (Å²) in [5, 5.41) is 12.1. The number of allylic oxidation sites excluding steroid dienone is 1. The molecule has 0 spiro atoms. The molecule has 7 bridgehead atoms. The van der Waals surface area contributed by atoms with Crippen molar-refractivity contribution in [3.8, 4) is 0 Å². The molecule has 0 aromatic rings. The fourth-order valence-corrected chi connectivity index (χ4v) is 20.2. The number of ether oxygens (including phenoxy) is 6.